The highest BCUT2D eigenvalue weighted by molar-refractivity contribution is 6.05. The first kappa shape index (κ1) is 35.3. The molecule has 0 spiro atoms. The van der Waals surface area contributed by atoms with Gasteiger partial charge < -0.3 is 24.7 Å². The number of nitrogens with two attached hydrogens (primary N) is 1. The van der Waals surface area contributed by atoms with Gasteiger partial charge in [0.15, 0.2) is 0 Å². The Morgan fingerprint density at radius 3 is 2.46 bits per heavy atom. The number of fused-ring (bicyclic) bond motifs is 1. The zero-order chi connectivity index (χ0) is 34.5. The van der Waals surface area contributed by atoms with Crippen LogP contribution in [0.5, 0.6) is 5.75 Å². The van der Waals surface area contributed by atoms with Gasteiger partial charge in [0, 0.05) is 37.6 Å². The number of aliphatic imine (C=N–C) groups is 1. The number of methoxy groups -OCH3 is 1. The number of likely N-dealkylation sites (tertiary alicyclic amines) is 2. The number of guanidine groups is 1. The molecule has 2 aliphatic rings. The maximum absolute atomic E-state index is 12.7. The van der Waals surface area contributed by atoms with Crippen molar-refractivity contribution in [1.29, 1.82) is 0 Å². The van der Waals surface area contributed by atoms with Gasteiger partial charge in [0.25, 0.3) is 5.91 Å². The van der Waals surface area contributed by atoms with Crippen LogP contribution in [0, 0.1) is 19.8 Å². The summed E-state index contributed by atoms with van der Waals surface area (Å²) in [6, 6.07) is 16.6. The third-order valence-electron chi connectivity index (χ3n) is 8.01. The lowest BCUT2D eigenvalue weighted by Crippen LogP contribution is -2.41. The minimum atomic E-state index is -0.387. The van der Waals surface area contributed by atoms with E-state index in [0.717, 1.165) is 79.8 Å². The Morgan fingerprint density at radius 1 is 1.00 bits per heavy atom. The van der Waals surface area contributed by atoms with E-state index < -0.39 is 0 Å². The van der Waals surface area contributed by atoms with Crippen LogP contribution in [0.1, 0.15) is 60.3 Å². The molecule has 252 valence electrons. The number of nitrogens with zero attached hydrogens (tertiary/aromatic N) is 5. The molecule has 2 aromatic carbocycles. The van der Waals surface area contributed by atoms with Gasteiger partial charge in [-0.1, -0.05) is 18.6 Å². The Bertz CT molecular complexity index is 1730. The molecular weight excluding hydrogens is 610 g/mol. The molecule has 2 aliphatic heterocycles. The minimum Gasteiger partial charge on any atom is -0.497 e. The van der Waals surface area contributed by atoms with E-state index >= 15 is 0 Å². The first-order valence-corrected chi connectivity index (χ1v) is 16.0. The maximum Gasteiger partial charge on any atom is 0.276 e. The highest BCUT2D eigenvalue weighted by Gasteiger charge is 2.24. The first-order chi connectivity index (χ1) is 23.3. The molecule has 0 saturated carbocycles. The van der Waals surface area contributed by atoms with Crippen LogP contribution in [-0.2, 0) is 16.1 Å². The number of carbonyl (C=O) groups excluding carboxylic acids is 3. The fourth-order valence-electron chi connectivity index (χ4n) is 5.57. The summed E-state index contributed by atoms with van der Waals surface area (Å²) in [5, 5.41) is 7.77. The second-order valence-corrected chi connectivity index (χ2v) is 11.5. The van der Waals surface area contributed by atoms with Gasteiger partial charge in [0.2, 0.25) is 17.8 Å². The van der Waals surface area contributed by atoms with Crippen molar-refractivity contribution in [3.05, 3.63) is 77.8 Å². The van der Waals surface area contributed by atoms with Crippen molar-refractivity contribution in [2.45, 2.75) is 52.0 Å². The van der Waals surface area contributed by atoms with Crippen LogP contribution in [0.15, 0.2) is 70.2 Å². The second kappa shape index (κ2) is 17.4. The van der Waals surface area contributed by atoms with Crippen molar-refractivity contribution < 1.29 is 23.5 Å². The third-order valence-corrected chi connectivity index (χ3v) is 8.01. The number of aryl methyl sites for hydroxylation is 1. The Balaban J connectivity index is 0.000000243. The summed E-state index contributed by atoms with van der Waals surface area (Å²) in [6.45, 7) is 5.14. The van der Waals surface area contributed by atoms with Crippen LogP contribution in [0.4, 0.5) is 5.69 Å². The van der Waals surface area contributed by atoms with Crippen molar-refractivity contribution in [2.75, 3.05) is 33.3 Å². The molecule has 0 bridgehead atoms. The number of ether oxygens (including phenoxy) is 1. The van der Waals surface area contributed by atoms with Gasteiger partial charge in [0.05, 0.1) is 25.9 Å². The SMILES string of the molecule is C#C.COc1ccc(Cn2nccc2C(=O)NC(N)=Nc2ccc3oc(C)cc3c2)cc1.O=C(CN1CCCCCC1=O)N1CCCC1. The normalized spacial score (nSPS) is 14.8. The molecule has 48 heavy (non-hydrogen) atoms. The van der Waals surface area contributed by atoms with Crippen molar-refractivity contribution in [2.24, 2.45) is 10.7 Å². The fourth-order valence-corrected chi connectivity index (χ4v) is 5.57. The molecule has 12 heteroatoms. The van der Waals surface area contributed by atoms with Crippen molar-refractivity contribution in [1.82, 2.24) is 24.9 Å². The minimum absolute atomic E-state index is 0.00300. The Hall–Kier alpha value is -5.57. The van der Waals surface area contributed by atoms with Gasteiger partial charge in [0.1, 0.15) is 22.8 Å². The number of furan rings is 1. The van der Waals surface area contributed by atoms with Crippen LogP contribution in [0.2, 0.25) is 0 Å². The predicted octanol–water partition coefficient (Wildman–Crippen LogP) is 4.63. The van der Waals surface area contributed by atoms with E-state index in [1.165, 1.54) is 0 Å². The number of hydrogen-bond acceptors (Lipinski definition) is 7. The summed E-state index contributed by atoms with van der Waals surface area (Å²) < 4.78 is 12.3. The lowest BCUT2D eigenvalue weighted by atomic mass is 10.2. The highest BCUT2D eigenvalue weighted by Crippen LogP contribution is 2.24. The van der Waals surface area contributed by atoms with E-state index in [1.54, 1.807) is 35.0 Å². The van der Waals surface area contributed by atoms with Crippen LogP contribution in [-0.4, -0.2) is 76.6 Å². The second-order valence-electron chi connectivity index (χ2n) is 11.5. The Labute approximate surface area is 280 Å². The summed E-state index contributed by atoms with van der Waals surface area (Å²) in [6.07, 6.45) is 15.5. The molecule has 0 radical (unpaired) electrons. The monoisotopic (exact) mass is 653 g/mol. The van der Waals surface area contributed by atoms with Gasteiger partial charge in [-0.2, -0.15) is 5.10 Å². The Morgan fingerprint density at radius 2 is 1.73 bits per heavy atom. The number of terminal acetylenes is 1. The zero-order valence-electron chi connectivity index (χ0n) is 27.6. The molecule has 4 heterocycles. The molecule has 0 atom stereocenters. The molecule has 0 unspecified atom stereocenters. The summed E-state index contributed by atoms with van der Waals surface area (Å²) >= 11 is 0. The lowest BCUT2D eigenvalue weighted by Gasteiger charge is -2.23. The molecule has 3 N–H and O–H groups in total. The average Bonchev–Trinajstić information content (AvgIpc) is 3.84. The average molecular weight is 654 g/mol. The molecule has 2 aromatic heterocycles. The summed E-state index contributed by atoms with van der Waals surface area (Å²) in [5.74, 6) is 1.49. The lowest BCUT2D eigenvalue weighted by molar-refractivity contribution is -0.139. The van der Waals surface area contributed by atoms with E-state index in [9.17, 15) is 14.4 Å². The topological polar surface area (TPSA) is 148 Å². The van der Waals surface area contributed by atoms with Crippen molar-refractivity contribution in [3.8, 4) is 18.6 Å². The Kier molecular flexibility index (Phi) is 12.8. The van der Waals surface area contributed by atoms with Gasteiger partial charge in [-0.05, 0) is 80.6 Å². The zero-order valence-corrected chi connectivity index (χ0v) is 27.6. The van der Waals surface area contributed by atoms with Crippen LogP contribution >= 0.6 is 0 Å². The highest BCUT2D eigenvalue weighted by atomic mass is 16.5. The summed E-state index contributed by atoms with van der Waals surface area (Å²) in [5.41, 5.74) is 8.71. The van der Waals surface area contributed by atoms with E-state index in [1.807, 2.05) is 54.3 Å². The molecule has 6 rings (SSSR count). The summed E-state index contributed by atoms with van der Waals surface area (Å²) in [4.78, 5) is 44.2. The quantitative estimate of drug-likeness (QED) is 0.168. The largest absolute Gasteiger partial charge is 0.497 e. The number of nitrogens with one attached hydrogen (secondary N) is 1. The van der Waals surface area contributed by atoms with E-state index in [4.69, 9.17) is 14.9 Å². The summed E-state index contributed by atoms with van der Waals surface area (Å²) in [7, 11) is 1.62. The third kappa shape index (κ3) is 9.72. The number of rotatable bonds is 7. The van der Waals surface area contributed by atoms with Crippen LogP contribution in [0.25, 0.3) is 11.0 Å². The van der Waals surface area contributed by atoms with Crippen molar-refractivity contribution >= 4 is 40.3 Å². The smallest absolute Gasteiger partial charge is 0.276 e. The molecule has 4 aromatic rings. The number of carbonyl (C=O) groups is 3. The van der Waals surface area contributed by atoms with E-state index in [0.29, 0.717) is 30.9 Å². The van der Waals surface area contributed by atoms with E-state index in [2.05, 4.69) is 28.3 Å². The molecule has 2 fully saturated rings. The predicted molar refractivity (Wildman–Crippen MR) is 185 cm³/mol. The fraction of sp³-hybridized carbons (Fsp3) is 0.361. The molecular formula is C36H43N7O5. The number of benzene rings is 2. The van der Waals surface area contributed by atoms with Gasteiger partial charge in [-0.15, -0.1) is 12.8 Å². The number of aromatic nitrogens is 2. The number of amides is 3. The molecule has 3 amide bonds. The van der Waals surface area contributed by atoms with Crippen LogP contribution < -0.4 is 15.8 Å². The van der Waals surface area contributed by atoms with Crippen molar-refractivity contribution in [3.63, 3.8) is 0 Å². The van der Waals surface area contributed by atoms with Gasteiger partial charge in [-0.3, -0.25) is 24.4 Å². The van der Waals surface area contributed by atoms with Crippen LogP contribution in [0.3, 0.4) is 0 Å². The van der Waals surface area contributed by atoms with Gasteiger partial charge >= 0.3 is 0 Å². The molecule has 0 aliphatic carbocycles. The molecule has 12 nitrogen and oxygen atoms in total. The standard InChI is InChI=1S/C22H21N5O3.C12H20N2O2.C2H2/c1-14-11-16-12-17(5-8-20(16)30-14)25-22(23)26-21(28)19-9-10-24-27(19)13-15-3-6-18(29-2)7-4-15;15-11-6-2-1-3-9-14(11)10-12(16)13-7-4-5-8-13;1-2/h3-12H,13H2,1-2H3,(H3,23,25,26,28);1-10H2;1-2H. The van der Waals surface area contributed by atoms with Gasteiger partial charge in [-0.25, -0.2) is 4.99 Å². The first-order valence-electron chi connectivity index (χ1n) is 16.0. The maximum atomic E-state index is 12.7. The van der Waals surface area contributed by atoms with E-state index in [-0.39, 0.29) is 23.7 Å². The number of hydrogen-bond donors (Lipinski definition) is 2. The molecule has 2 saturated heterocycles.